The number of likely N-dealkylation sites (tertiary alicyclic amines) is 2. The van der Waals surface area contributed by atoms with E-state index in [4.69, 9.17) is 4.74 Å². The summed E-state index contributed by atoms with van der Waals surface area (Å²) in [7, 11) is 0. The van der Waals surface area contributed by atoms with Gasteiger partial charge in [0.15, 0.2) is 0 Å². The van der Waals surface area contributed by atoms with Crippen LogP contribution in [0, 0.1) is 0 Å². The molecule has 0 aromatic heterocycles. The number of hydrogen-bond acceptors (Lipinski definition) is 4. The van der Waals surface area contributed by atoms with Crippen LogP contribution in [-0.4, -0.2) is 65.9 Å². The summed E-state index contributed by atoms with van der Waals surface area (Å²) in [5.41, 5.74) is 1.02. The number of rotatable bonds is 6. The number of benzene rings is 2. The lowest BCUT2D eigenvalue weighted by molar-refractivity contribution is -0.122. The maximum absolute atomic E-state index is 14.3. The Kier molecular flexibility index (Phi) is 5.91. The second-order valence-corrected chi connectivity index (χ2v) is 7.90. The molecule has 2 aromatic rings. The summed E-state index contributed by atoms with van der Waals surface area (Å²) in [6, 6.07) is 14.5. The summed E-state index contributed by atoms with van der Waals surface area (Å²) in [6.07, 6.45) is -0.543. The molecule has 0 bridgehead atoms. The first-order valence-corrected chi connectivity index (χ1v) is 10.4. The Morgan fingerprint density at radius 2 is 1.77 bits per heavy atom. The molecule has 2 aromatic carbocycles. The Morgan fingerprint density at radius 3 is 2.48 bits per heavy atom. The van der Waals surface area contributed by atoms with Gasteiger partial charge in [-0.15, -0.1) is 0 Å². The first kappa shape index (κ1) is 21.2. The van der Waals surface area contributed by atoms with Crippen molar-refractivity contribution in [1.82, 2.24) is 9.80 Å². The number of nitrogens with zero attached hydrogens (tertiary/aromatic N) is 2. The number of anilines is 1. The van der Waals surface area contributed by atoms with Crippen LogP contribution in [0.3, 0.4) is 0 Å². The van der Waals surface area contributed by atoms with Gasteiger partial charge in [-0.1, -0.05) is 30.3 Å². The molecule has 2 fully saturated rings. The fourth-order valence-electron chi connectivity index (χ4n) is 4.13. The van der Waals surface area contributed by atoms with E-state index in [1.165, 1.54) is 4.90 Å². The average molecular weight is 429 g/mol. The van der Waals surface area contributed by atoms with E-state index >= 15 is 0 Å². The van der Waals surface area contributed by atoms with E-state index in [0.717, 1.165) is 0 Å². The maximum atomic E-state index is 14.3. The number of alkyl halides is 2. The van der Waals surface area contributed by atoms with E-state index in [2.05, 4.69) is 5.32 Å². The molecule has 0 radical (unpaired) electrons. The third-order valence-electron chi connectivity index (χ3n) is 5.69. The standard InChI is InChI=1S/C23H25F2N3O3/c1-2-31-20-11-7-6-10-18(20)26-21(29)19-12-23(24,25)15-28(19)17-13-27(14-17)22(30)16-8-4-3-5-9-16/h3-11,17,19H,2,12-15H2,1H3,(H,26,29)/t19-/m0/s1. The highest BCUT2D eigenvalue weighted by molar-refractivity contribution is 5.97. The highest BCUT2D eigenvalue weighted by Gasteiger charge is 2.52. The van der Waals surface area contributed by atoms with Crippen LogP contribution in [0.25, 0.3) is 0 Å². The lowest BCUT2D eigenvalue weighted by Crippen LogP contribution is -2.63. The number of carbonyl (C=O) groups is 2. The molecule has 0 saturated carbocycles. The molecule has 6 nitrogen and oxygen atoms in total. The molecule has 2 amide bonds. The van der Waals surface area contributed by atoms with Gasteiger partial charge >= 0.3 is 0 Å². The predicted molar refractivity (Wildman–Crippen MR) is 112 cm³/mol. The molecular weight excluding hydrogens is 404 g/mol. The van der Waals surface area contributed by atoms with Crippen LogP contribution >= 0.6 is 0 Å². The van der Waals surface area contributed by atoms with Gasteiger partial charge in [-0.2, -0.15) is 0 Å². The number of hydrogen-bond donors (Lipinski definition) is 1. The fourth-order valence-corrected chi connectivity index (χ4v) is 4.13. The van der Waals surface area contributed by atoms with Crippen molar-refractivity contribution in [2.75, 3.05) is 31.6 Å². The van der Waals surface area contributed by atoms with Crippen LogP contribution in [0.2, 0.25) is 0 Å². The van der Waals surface area contributed by atoms with Gasteiger partial charge in [0.2, 0.25) is 5.91 Å². The van der Waals surface area contributed by atoms with E-state index in [1.54, 1.807) is 53.4 Å². The van der Waals surface area contributed by atoms with Crippen LogP contribution in [-0.2, 0) is 4.79 Å². The molecule has 0 unspecified atom stereocenters. The van der Waals surface area contributed by atoms with Gasteiger partial charge in [0, 0.05) is 31.1 Å². The molecular formula is C23H25F2N3O3. The largest absolute Gasteiger partial charge is 0.492 e. The molecule has 8 heteroatoms. The van der Waals surface area contributed by atoms with Crippen molar-refractivity contribution in [3.8, 4) is 5.75 Å². The lowest BCUT2D eigenvalue weighted by atomic mass is 10.0. The topological polar surface area (TPSA) is 61.9 Å². The summed E-state index contributed by atoms with van der Waals surface area (Å²) in [5.74, 6) is -3.07. The molecule has 0 aliphatic carbocycles. The number of amides is 2. The minimum atomic E-state index is -2.95. The van der Waals surface area contributed by atoms with Crippen LogP contribution in [0.15, 0.2) is 54.6 Å². The van der Waals surface area contributed by atoms with Crippen molar-refractivity contribution in [3.63, 3.8) is 0 Å². The highest BCUT2D eigenvalue weighted by atomic mass is 19.3. The minimum absolute atomic E-state index is 0.130. The number of ether oxygens (including phenoxy) is 1. The van der Waals surface area contributed by atoms with Crippen LogP contribution in [0.1, 0.15) is 23.7 Å². The highest BCUT2D eigenvalue weighted by Crippen LogP contribution is 2.36. The number of nitrogens with one attached hydrogen (secondary N) is 1. The lowest BCUT2D eigenvalue weighted by Gasteiger charge is -2.45. The molecule has 164 valence electrons. The first-order chi connectivity index (χ1) is 14.9. The molecule has 4 rings (SSSR count). The Labute approximate surface area is 179 Å². The van der Waals surface area contributed by atoms with Gasteiger partial charge in [0.05, 0.1) is 24.9 Å². The summed E-state index contributed by atoms with van der Waals surface area (Å²) in [4.78, 5) is 28.6. The number of para-hydroxylation sites is 2. The zero-order valence-electron chi connectivity index (χ0n) is 17.3. The van der Waals surface area contributed by atoms with Crippen molar-refractivity contribution >= 4 is 17.5 Å². The summed E-state index contributed by atoms with van der Waals surface area (Å²) in [6.45, 7) is 2.41. The fraction of sp³-hybridized carbons (Fsp3) is 0.391. The molecule has 0 spiro atoms. The van der Waals surface area contributed by atoms with Crippen LogP contribution < -0.4 is 10.1 Å². The van der Waals surface area contributed by atoms with Crippen molar-refractivity contribution in [2.24, 2.45) is 0 Å². The van der Waals surface area contributed by atoms with Gasteiger partial charge in [-0.3, -0.25) is 14.5 Å². The molecule has 31 heavy (non-hydrogen) atoms. The van der Waals surface area contributed by atoms with Gasteiger partial charge in [0.1, 0.15) is 5.75 Å². The molecule has 2 aliphatic rings. The van der Waals surface area contributed by atoms with Gasteiger partial charge in [-0.05, 0) is 31.2 Å². The summed E-state index contributed by atoms with van der Waals surface area (Å²) >= 11 is 0. The van der Waals surface area contributed by atoms with Gasteiger partial charge < -0.3 is 15.0 Å². The van der Waals surface area contributed by atoms with E-state index in [9.17, 15) is 18.4 Å². The van der Waals surface area contributed by atoms with Gasteiger partial charge in [0.25, 0.3) is 11.8 Å². The van der Waals surface area contributed by atoms with Crippen LogP contribution in [0.4, 0.5) is 14.5 Å². The maximum Gasteiger partial charge on any atom is 0.262 e. The van der Waals surface area contributed by atoms with E-state index in [0.29, 0.717) is 36.7 Å². The zero-order chi connectivity index (χ0) is 22.0. The van der Waals surface area contributed by atoms with E-state index in [1.807, 2.05) is 13.0 Å². The van der Waals surface area contributed by atoms with Crippen molar-refractivity contribution < 1.29 is 23.1 Å². The van der Waals surface area contributed by atoms with Crippen molar-refractivity contribution in [2.45, 2.75) is 31.4 Å². The first-order valence-electron chi connectivity index (χ1n) is 10.4. The Hall–Kier alpha value is -3.00. The molecule has 2 heterocycles. The second-order valence-electron chi connectivity index (χ2n) is 7.90. The van der Waals surface area contributed by atoms with Crippen molar-refractivity contribution in [1.29, 1.82) is 0 Å². The molecule has 2 saturated heterocycles. The SMILES string of the molecule is CCOc1ccccc1NC(=O)[C@@H]1CC(F)(F)CN1C1CN(C(=O)c2ccccc2)C1. The zero-order valence-corrected chi connectivity index (χ0v) is 17.3. The van der Waals surface area contributed by atoms with E-state index < -0.39 is 30.8 Å². The molecule has 2 aliphatic heterocycles. The average Bonchev–Trinajstić information content (AvgIpc) is 3.04. The third kappa shape index (κ3) is 4.54. The normalized spacial score (nSPS) is 20.9. The van der Waals surface area contributed by atoms with Gasteiger partial charge in [-0.25, -0.2) is 8.78 Å². The monoisotopic (exact) mass is 429 g/mol. The summed E-state index contributed by atoms with van der Waals surface area (Å²) in [5, 5.41) is 2.75. The summed E-state index contributed by atoms with van der Waals surface area (Å²) < 4.78 is 34.0. The Morgan fingerprint density at radius 1 is 1.10 bits per heavy atom. The number of halogens is 2. The molecule has 1 N–H and O–H groups in total. The Bertz CT molecular complexity index is 948. The smallest absolute Gasteiger partial charge is 0.262 e. The number of carbonyl (C=O) groups excluding carboxylic acids is 2. The molecule has 1 atom stereocenters. The van der Waals surface area contributed by atoms with Crippen molar-refractivity contribution in [3.05, 3.63) is 60.2 Å². The third-order valence-corrected chi connectivity index (χ3v) is 5.69. The Balaban J connectivity index is 1.43. The minimum Gasteiger partial charge on any atom is -0.492 e. The quantitative estimate of drug-likeness (QED) is 0.766. The van der Waals surface area contributed by atoms with E-state index in [-0.39, 0.29) is 11.9 Å². The predicted octanol–water partition coefficient (Wildman–Crippen LogP) is 3.26. The van der Waals surface area contributed by atoms with Crippen LogP contribution in [0.5, 0.6) is 5.75 Å². The second kappa shape index (κ2) is 8.63.